The van der Waals surface area contributed by atoms with Crippen LogP contribution in [0.3, 0.4) is 0 Å². The van der Waals surface area contributed by atoms with E-state index in [1.165, 1.54) is 0 Å². The third kappa shape index (κ3) is 2.77. The maximum absolute atomic E-state index is 12.0. The predicted molar refractivity (Wildman–Crippen MR) is 77.6 cm³/mol. The highest BCUT2D eigenvalue weighted by Crippen LogP contribution is 2.22. The number of aryl methyl sites for hydroxylation is 2. The zero-order valence-electron chi connectivity index (χ0n) is 11.4. The van der Waals surface area contributed by atoms with Crippen LogP contribution in [0.5, 0.6) is 0 Å². The lowest BCUT2D eigenvalue weighted by Crippen LogP contribution is -2.10. The van der Waals surface area contributed by atoms with E-state index < -0.39 is 5.97 Å². The second-order valence-electron chi connectivity index (χ2n) is 4.35. The average molecular weight is 294 g/mol. The molecule has 6 heteroatoms. The van der Waals surface area contributed by atoms with Crippen LogP contribution in [-0.2, 0) is 24.8 Å². The Hall–Kier alpha value is -2.01. The van der Waals surface area contributed by atoms with E-state index >= 15 is 0 Å². The number of esters is 1. The SMILES string of the molecule is CCc1nn(C)c(COC(=O)c2ccccc2N)c1Cl. The minimum absolute atomic E-state index is 0.0650. The van der Waals surface area contributed by atoms with Gasteiger partial charge in [0.15, 0.2) is 0 Å². The summed E-state index contributed by atoms with van der Waals surface area (Å²) < 4.78 is 6.88. The van der Waals surface area contributed by atoms with E-state index in [1.807, 2.05) is 6.92 Å². The monoisotopic (exact) mass is 293 g/mol. The number of hydrogen-bond donors (Lipinski definition) is 1. The molecule has 0 aliphatic heterocycles. The number of benzene rings is 1. The van der Waals surface area contributed by atoms with Crippen molar-refractivity contribution < 1.29 is 9.53 Å². The first-order valence-electron chi connectivity index (χ1n) is 6.26. The van der Waals surface area contributed by atoms with Gasteiger partial charge in [-0.2, -0.15) is 5.10 Å². The van der Waals surface area contributed by atoms with Gasteiger partial charge in [0, 0.05) is 12.7 Å². The van der Waals surface area contributed by atoms with Gasteiger partial charge in [-0.3, -0.25) is 4.68 Å². The third-order valence-corrected chi connectivity index (χ3v) is 3.46. The molecule has 0 radical (unpaired) electrons. The highest BCUT2D eigenvalue weighted by molar-refractivity contribution is 6.31. The first-order chi connectivity index (χ1) is 9.54. The number of hydrogen-bond acceptors (Lipinski definition) is 4. The Balaban J connectivity index is 2.12. The van der Waals surface area contributed by atoms with Crippen molar-refractivity contribution in [2.45, 2.75) is 20.0 Å². The molecule has 0 aliphatic rings. The molecule has 1 heterocycles. The summed E-state index contributed by atoms with van der Waals surface area (Å²) in [5.41, 5.74) is 7.94. The van der Waals surface area contributed by atoms with Crippen molar-refractivity contribution in [1.82, 2.24) is 9.78 Å². The number of ether oxygens (including phenoxy) is 1. The molecule has 0 amide bonds. The molecule has 0 bridgehead atoms. The summed E-state index contributed by atoms with van der Waals surface area (Å²) in [6.07, 6.45) is 0.728. The number of anilines is 1. The minimum Gasteiger partial charge on any atom is -0.455 e. The molecular formula is C14H16ClN3O2. The lowest BCUT2D eigenvalue weighted by atomic mass is 10.2. The van der Waals surface area contributed by atoms with Gasteiger partial charge in [-0.15, -0.1) is 0 Å². The summed E-state index contributed by atoms with van der Waals surface area (Å²) in [6, 6.07) is 6.78. The Morgan fingerprint density at radius 2 is 2.15 bits per heavy atom. The molecule has 0 unspecified atom stereocenters. The predicted octanol–water partition coefficient (Wildman–Crippen LogP) is 2.58. The topological polar surface area (TPSA) is 70.1 Å². The number of nitrogen functional groups attached to an aromatic ring is 1. The molecule has 0 saturated carbocycles. The number of nitrogens with two attached hydrogens (primary N) is 1. The molecule has 0 saturated heterocycles. The van der Waals surface area contributed by atoms with E-state index in [0.717, 1.165) is 12.1 Å². The molecule has 5 nitrogen and oxygen atoms in total. The van der Waals surface area contributed by atoms with E-state index in [4.69, 9.17) is 22.1 Å². The van der Waals surface area contributed by atoms with Gasteiger partial charge >= 0.3 is 5.97 Å². The van der Waals surface area contributed by atoms with Gasteiger partial charge in [0.25, 0.3) is 0 Å². The standard InChI is InChI=1S/C14H16ClN3O2/c1-3-11-13(15)12(18(2)17-11)8-20-14(19)9-6-4-5-7-10(9)16/h4-7H,3,8,16H2,1-2H3. The summed E-state index contributed by atoms with van der Waals surface area (Å²) in [6.45, 7) is 2.03. The average Bonchev–Trinajstić information content (AvgIpc) is 2.71. The molecule has 20 heavy (non-hydrogen) atoms. The van der Waals surface area contributed by atoms with Crippen molar-refractivity contribution in [2.75, 3.05) is 5.73 Å². The molecule has 2 N–H and O–H groups in total. The van der Waals surface area contributed by atoms with Crippen LogP contribution in [0, 0.1) is 0 Å². The molecule has 1 aromatic heterocycles. The number of carbonyl (C=O) groups excluding carboxylic acids is 1. The van der Waals surface area contributed by atoms with Crippen LogP contribution in [0.15, 0.2) is 24.3 Å². The second-order valence-corrected chi connectivity index (χ2v) is 4.73. The van der Waals surface area contributed by atoms with E-state index in [9.17, 15) is 4.79 Å². The molecular weight excluding hydrogens is 278 g/mol. The van der Waals surface area contributed by atoms with Crippen LogP contribution in [0.4, 0.5) is 5.69 Å². The van der Waals surface area contributed by atoms with Crippen molar-refractivity contribution >= 4 is 23.3 Å². The normalized spacial score (nSPS) is 10.6. The molecule has 106 valence electrons. The smallest absolute Gasteiger partial charge is 0.340 e. The van der Waals surface area contributed by atoms with Gasteiger partial charge in [0.1, 0.15) is 6.61 Å². The maximum Gasteiger partial charge on any atom is 0.340 e. The van der Waals surface area contributed by atoms with Gasteiger partial charge in [-0.1, -0.05) is 30.7 Å². The lowest BCUT2D eigenvalue weighted by Gasteiger charge is -2.07. The fourth-order valence-corrected chi connectivity index (χ4v) is 2.22. The fourth-order valence-electron chi connectivity index (χ4n) is 1.87. The molecule has 0 aliphatic carbocycles. The number of carbonyl (C=O) groups is 1. The highest BCUT2D eigenvalue weighted by atomic mass is 35.5. The number of nitrogens with zero attached hydrogens (tertiary/aromatic N) is 2. The molecule has 2 aromatic rings. The quantitative estimate of drug-likeness (QED) is 0.695. The summed E-state index contributed by atoms with van der Waals surface area (Å²) in [5.74, 6) is -0.474. The molecule has 1 aromatic carbocycles. The van der Waals surface area contributed by atoms with E-state index in [-0.39, 0.29) is 6.61 Å². The van der Waals surface area contributed by atoms with Crippen molar-refractivity contribution in [1.29, 1.82) is 0 Å². The summed E-state index contributed by atoms with van der Waals surface area (Å²) in [4.78, 5) is 12.0. The Morgan fingerprint density at radius 3 is 2.75 bits per heavy atom. The van der Waals surface area contributed by atoms with Crippen LogP contribution in [0.1, 0.15) is 28.7 Å². The summed E-state index contributed by atoms with van der Waals surface area (Å²) in [5, 5.41) is 4.81. The second kappa shape index (κ2) is 5.96. The van der Waals surface area contributed by atoms with Crippen LogP contribution in [0.25, 0.3) is 0 Å². The van der Waals surface area contributed by atoms with E-state index in [1.54, 1.807) is 36.0 Å². The third-order valence-electron chi connectivity index (χ3n) is 3.02. The van der Waals surface area contributed by atoms with Gasteiger partial charge in [0.05, 0.1) is 22.0 Å². The van der Waals surface area contributed by atoms with Crippen LogP contribution in [0.2, 0.25) is 5.02 Å². The van der Waals surface area contributed by atoms with Gasteiger partial charge in [0.2, 0.25) is 0 Å². The van der Waals surface area contributed by atoms with Gasteiger partial charge in [-0.05, 0) is 18.6 Å². The molecule has 0 fully saturated rings. The van der Waals surface area contributed by atoms with Gasteiger partial charge in [-0.25, -0.2) is 4.79 Å². The maximum atomic E-state index is 12.0. The van der Waals surface area contributed by atoms with Crippen molar-refractivity contribution in [3.05, 3.63) is 46.2 Å². The molecule has 0 spiro atoms. The number of rotatable bonds is 4. The first kappa shape index (κ1) is 14.4. The molecule has 2 rings (SSSR count). The van der Waals surface area contributed by atoms with Crippen LogP contribution < -0.4 is 5.73 Å². The van der Waals surface area contributed by atoms with E-state index in [2.05, 4.69) is 5.10 Å². The van der Waals surface area contributed by atoms with Gasteiger partial charge < -0.3 is 10.5 Å². The Bertz CT molecular complexity index is 637. The number of aromatic nitrogens is 2. The Labute approximate surface area is 122 Å². The first-order valence-corrected chi connectivity index (χ1v) is 6.64. The summed E-state index contributed by atoms with van der Waals surface area (Å²) >= 11 is 6.19. The minimum atomic E-state index is -0.474. The van der Waals surface area contributed by atoms with Crippen LogP contribution >= 0.6 is 11.6 Å². The van der Waals surface area contributed by atoms with Crippen molar-refractivity contribution in [2.24, 2.45) is 7.05 Å². The van der Waals surface area contributed by atoms with Crippen molar-refractivity contribution in [3.63, 3.8) is 0 Å². The number of halogens is 1. The van der Waals surface area contributed by atoms with Crippen molar-refractivity contribution in [3.8, 4) is 0 Å². The Morgan fingerprint density at radius 1 is 1.45 bits per heavy atom. The summed E-state index contributed by atoms with van der Waals surface area (Å²) in [7, 11) is 1.77. The number of para-hydroxylation sites is 1. The zero-order chi connectivity index (χ0) is 14.7. The largest absolute Gasteiger partial charge is 0.455 e. The van der Waals surface area contributed by atoms with E-state index in [0.29, 0.717) is 22.0 Å². The molecule has 0 atom stereocenters. The van der Waals surface area contributed by atoms with Crippen LogP contribution in [-0.4, -0.2) is 15.7 Å². The highest BCUT2D eigenvalue weighted by Gasteiger charge is 2.16. The zero-order valence-corrected chi connectivity index (χ0v) is 12.1. The Kier molecular flexibility index (Phi) is 4.29. The lowest BCUT2D eigenvalue weighted by molar-refractivity contribution is 0.0465. The fraction of sp³-hybridized carbons (Fsp3) is 0.286.